The van der Waals surface area contributed by atoms with Crippen molar-refractivity contribution < 1.29 is 18.1 Å². The molecular formula is C16H20FN3O3. The highest BCUT2D eigenvalue weighted by Gasteiger charge is 2.34. The third-order valence-electron chi connectivity index (χ3n) is 4.11. The zero-order chi connectivity index (χ0) is 16.4. The lowest BCUT2D eigenvalue weighted by atomic mass is 10.2. The molecule has 3 heterocycles. The number of hydrogen-bond donors (Lipinski definition) is 0. The van der Waals surface area contributed by atoms with Gasteiger partial charge in [-0.15, -0.1) is 0 Å². The van der Waals surface area contributed by atoms with Crippen molar-refractivity contribution >= 4 is 5.91 Å². The molecule has 1 aliphatic rings. The molecule has 1 aliphatic heterocycles. The maximum atomic E-state index is 13.9. The Hall–Kier alpha value is -2.15. The van der Waals surface area contributed by atoms with Gasteiger partial charge in [-0.05, 0) is 19.4 Å². The van der Waals surface area contributed by atoms with Gasteiger partial charge in [-0.1, -0.05) is 5.16 Å². The summed E-state index contributed by atoms with van der Waals surface area (Å²) in [6, 6.07) is 3.43. The van der Waals surface area contributed by atoms with Crippen LogP contribution in [0.2, 0.25) is 0 Å². The van der Waals surface area contributed by atoms with Gasteiger partial charge in [-0.25, -0.2) is 4.39 Å². The minimum Gasteiger partial charge on any atom is -0.472 e. The smallest absolute Gasteiger partial charge is 0.256 e. The molecule has 0 aromatic carbocycles. The van der Waals surface area contributed by atoms with E-state index in [-0.39, 0.29) is 11.9 Å². The summed E-state index contributed by atoms with van der Waals surface area (Å²) < 4.78 is 24.0. The minimum atomic E-state index is -0.888. The number of halogens is 1. The first kappa shape index (κ1) is 15.7. The highest BCUT2D eigenvalue weighted by atomic mass is 19.1. The minimum absolute atomic E-state index is 0.0451. The maximum absolute atomic E-state index is 13.9. The monoisotopic (exact) mass is 321 g/mol. The molecule has 23 heavy (non-hydrogen) atoms. The van der Waals surface area contributed by atoms with Crippen LogP contribution in [0.4, 0.5) is 4.39 Å². The lowest BCUT2D eigenvalue weighted by Crippen LogP contribution is -2.40. The first-order valence-corrected chi connectivity index (χ1v) is 7.61. The van der Waals surface area contributed by atoms with Crippen molar-refractivity contribution in [2.75, 3.05) is 20.1 Å². The Morgan fingerprint density at radius 1 is 1.57 bits per heavy atom. The van der Waals surface area contributed by atoms with E-state index in [0.717, 1.165) is 5.69 Å². The average molecular weight is 321 g/mol. The van der Waals surface area contributed by atoms with Gasteiger partial charge in [0.15, 0.2) is 5.76 Å². The SMILES string of the molecule is Cc1cc(CN2C[C@@H](F)C[C@H]2CN(C)C(=O)c2ccoc2)on1. The van der Waals surface area contributed by atoms with Gasteiger partial charge in [0.05, 0.1) is 24.1 Å². The lowest BCUT2D eigenvalue weighted by molar-refractivity contribution is 0.0745. The Morgan fingerprint density at radius 3 is 3.04 bits per heavy atom. The fourth-order valence-corrected chi connectivity index (χ4v) is 3.00. The Balaban J connectivity index is 1.63. The Kier molecular flexibility index (Phi) is 4.47. The van der Waals surface area contributed by atoms with Crippen LogP contribution in [0.1, 0.15) is 28.2 Å². The number of aromatic nitrogens is 1. The summed E-state index contributed by atoms with van der Waals surface area (Å²) in [6.07, 6.45) is 2.41. The molecule has 124 valence electrons. The van der Waals surface area contributed by atoms with Gasteiger partial charge in [-0.2, -0.15) is 0 Å². The number of amides is 1. The first-order chi connectivity index (χ1) is 11.0. The molecule has 0 radical (unpaired) electrons. The molecule has 1 fully saturated rings. The van der Waals surface area contributed by atoms with Crippen LogP contribution in [0.5, 0.6) is 0 Å². The number of carbonyl (C=O) groups excluding carboxylic acids is 1. The van der Waals surface area contributed by atoms with Gasteiger partial charge in [0, 0.05) is 32.2 Å². The number of carbonyl (C=O) groups is 1. The van der Waals surface area contributed by atoms with Crippen LogP contribution >= 0.6 is 0 Å². The van der Waals surface area contributed by atoms with Gasteiger partial charge in [-0.3, -0.25) is 9.69 Å². The number of aryl methyl sites for hydroxylation is 1. The fraction of sp³-hybridized carbons (Fsp3) is 0.500. The first-order valence-electron chi connectivity index (χ1n) is 7.61. The Bertz CT molecular complexity index is 655. The standard InChI is InChI=1S/C16H20FN3O3/c1-11-5-15(23-18-11)9-20-7-13(17)6-14(20)8-19(2)16(21)12-3-4-22-10-12/h3-5,10,13-14H,6-9H2,1-2H3/t13-,14-/m0/s1. The predicted octanol–water partition coefficient (Wildman–Crippen LogP) is 2.26. The second kappa shape index (κ2) is 6.54. The summed E-state index contributed by atoms with van der Waals surface area (Å²) in [5, 5.41) is 3.86. The zero-order valence-corrected chi connectivity index (χ0v) is 13.2. The second-order valence-corrected chi connectivity index (χ2v) is 6.05. The van der Waals surface area contributed by atoms with Crippen LogP contribution in [0.25, 0.3) is 0 Å². The van der Waals surface area contributed by atoms with E-state index < -0.39 is 6.17 Å². The molecule has 1 amide bonds. The van der Waals surface area contributed by atoms with Gasteiger partial charge in [0.25, 0.3) is 5.91 Å². The van der Waals surface area contributed by atoms with Crippen LogP contribution in [0.3, 0.4) is 0 Å². The molecule has 0 spiro atoms. The van der Waals surface area contributed by atoms with Gasteiger partial charge in [0.2, 0.25) is 0 Å². The Labute approximate surface area is 133 Å². The van der Waals surface area contributed by atoms with Gasteiger partial charge >= 0.3 is 0 Å². The van der Waals surface area contributed by atoms with E-state index in [1.165, 1.54) is 12.5 Å². The molecule has 7 heteroatoms. The molecule has 3 rings (SSSR count). The number of likely N-dealkylation sites (tertiary alicyclic amines) is 1. The maximum Gasteiger partial charge on any atom is 0.256 e. The van der Waals surface area contributed by atoms with Crippen molar-refractivity contribution in [1.82, 2.24) is 15.0 Å². The molecule has 0 N–H and O–H groups in total. The van der Waals surface area contributed by atoms with Crippen molar-refractivity contribution in [1.29, 1.82) is 0 Å². The quantitative estimate of drug-likeness (QED) is 0.845. The van der Waals surface area contributed by atoms with Crippen molar-refractivity contribution in [2.24, 2.45) is 0 Å². The fourth-order valence-electron chi connectivity index (χ4n) is 3.00. The largest absolute Gasteiger partial charge is 0.472 e. The predicted molar refractivity (Wildman–Crippen MR) is 80.6 cm³/mol. The number of alkyl halides is 1. The van der Waals surface area contributed by atoms with E-state index in [1.807, 2.05) is 17.9 Å². The highest BCUT2D eigenvalue weighted by Crippen LogP contribution is 2.24. The Morgan fingerprint density at radius 2 is 2.39 bits per heavy atom. The van der Waals surface area contributed by atoms with E-state index >= 15 is 0 Å². The topological polar surface area (TPSA) is 62.7 Å². The molecule has 0 unspecified atom stereocenters. The number of furan rings is 1. The van der Waals surface area contributed by atoms with Gasteiger partial charge in [0.1, 0.15) is 12.4 Å². The molecule has 6 nitrogen and oxygen atoms in total. The third kappa shape index (κ3) is 3.61. The van der Waals surface area contributed by atoms with Crippen LogP contribution in [-0.4, -0.2) is 53.2 Å². The molecular weight excluding hydrogens is 301 g/mol. The van der Waals surface area contributed by atoms with E-state index in [0.29, 0.717) is 37.4 Å². The van der Waals surface area contributed by atoms with Crippen molar-refractivity contribution in [3.8, 4) is 0 Å². The summed E-state index contributed by atoms with van der Waals surface area (Å²) in [4.78, 5) is 15.9. The average Bonchev–Trinajstić information content (AvgIpc) is 3.22. The van der Waals surface area contributed by atoms with Crippen LogP contribution in [-0.2, 0) is 6.54 Å². The molecule has 0 saturated carbocycles. The number of hydrogen-bond acceptors (Lipinski definition) is 5. The van der Waals surface area contributed by atoms with Crippen LogP contribution < -0.4 is 0 Å². The molecule has 2 atom stereocenters. The second-order valence-electron chi connectivity index (χ2n) is 6.05. The van der Waals surface area contributed by atoms with Crippen LogP contribution in [0, 0.1) is 6.92 Å². The molecule has 0 aliphatic carbocycles. The van der Waals surface area contributed by atoms with E-state index in [1.54, 1.807) is 18.0 Å². The third-order valence-corrected chi connectivity index (χ3v) is 4.11. The summed E-state index contributed by atoms with van der Waals surface area (Å²) in [5.41, 5.74) is 1.31. The summed E-state index contributed by atoms with van der Waals surface area (Å²) >= 11 is 0. The van der Waals surface area contributed by atoms with Crippen LogP contribution in [0.15, 0.2) is 33.6 Å². The summed E-state index contributed by atoms with van der Waals surface area (Å²) in [5.74, 6) is 0.585. The lowest BCUT2D eigenvalue weighted by Gasteiger charge is -2.27. The van der Waals surface area contributed by atoms with E-state index in [9.17, 15) is 9.18 Å². The molecule has 1 saturated heterocycles. The van der Waals surface area contributed by atoms with Crippen molar-refractivity contribution in [3.05, 3.63) is 41.7 Å². The van der Waals surface area contributed by atoms with Crippen molar-refractivity contribution in [2.45, 2.75) is 32.1 Å². The van der Waals surface area contributed by atoms with E-state index in [2.05, 4.69) is 5.16 Å². The summed E-state index contributed by atoms with van der Waals surface area (Å²) in [7, 11) is 1.72. The van der Waals surface area contributed by atoms with Gasteiger partial charge < -0.3 is 13.8 Å². The number of nitrogens with zero attached hydrogens (tertiary/aromatic N) is 3. The molecule has 0 bridgehead atoms. The normalized spacial score (nSPS) is 21.7. The highest BCUT2D eigenvalue weighted by molar-refractivity contribution is 5.93. The molecule has 2 aromatic heterocycles. The number of rotatable bonds is 5. The number of likely N-dealkylation sites (N-methyl/N-ethyl adjacent to an activating group) is 1. The van der Waals surface area contributed by atoms with E-state index in [4.69, 9.17) is 8.94 Å². The van der Waals surface area contributed by atoms with Crippen molar-refractivity contribution in [3.63, 3.8) is 0 Å². The molecule has 2 aromatic rings. The zero-order valence-electron chi connectivity index (χ0n) is 13.2. The summed E-state index contributed by atoms with van der Waals surface area (Å²) in [6.45, 7) is 3.15.